The van der Waals surface area contributed by atoms with Crippen LogP contribution in [0.3, 0.4) is 0 Å². The van der Waals surface area contributed by atoms with Crippen molar-refractivity contribution < 1.29 is 14.7 Å². The quantitative estimate of drug-likeness (QED) is 0.231. The number of nitrogens with zero attached hydrogens (tertiary/aromatic N) is 2. The summed E-state index contributed by atoms with van der Waals surface area (Å²) in [7, 11) is 4.00. The molecule has 3 amide bonds. The molecule has 1 aromatic heterocycles. The van der Waals surface area contributed by atoms with Crippen LogP contribution in [0.2, 0.25) is 0 Å². The summed E-state index contributed by atoms with van der Waals surface area (Å²) < 4.78 is 0. The number of carbonyl (C=O) groups is 2. The number of aromatic nitrogens is 1. The zero-order valence-electron chi connectivity index (χ0n) is 24.9. The van der Waals surface area contributed by atoms with Crippen LogP contribution in [0, 0.1) is 6.92 Å². The summed E-state index contributed by atoms with van der Waals surface area (Å²) in [5, 5.41) is 18.5. The normalized spacial score (nSPS) is 16.3. The van der Waals surface area contributed by atoms with Gasteiger partial charge in [-0.25, -0.2) is 4.79 Å². The molecule has 5 rings (SSSR count). The summed E-state index contributed by atoms with van der Waals surface area (Å²) in [6, 6.07) is 22.5. The fourth-order valence-corrected chi connectivity index (χ4v) is 6.07. The number of urea groups is 1. The standard InChI is InChI=1S/C34H41N5O3/c1-23-10-5-7-14-29(23)34(42)16-18-39(19-17-34)33(41)37-31(24(2)28-21-35-30-15-8-6-13-27(28)30)32(40)36-26-12-9-11-25(20-26)22-38(3)4/h5-15,20-21,24,31,35,42H,16-19,22H2,1-4H3,(H,36,40)(H,37,41)/t24-,31-/m1/s1. The van der Waals surface area contributed by atoms with E-state index in [9.17, 15) is 14.7 Å². The van der Waals surface area contributed by atoms with E-state index in [1.165, 1.54) is 0 Å². The molecule has 3 aromatic carbocycles. The number of H-pyrrole nitrogens is 1. The highest BCUT2D eigenvalue weighted by molar-refractivity contribution is 5.98. The fourth-order valence-electron chi connectivity index (χ4n) is 6.07. The second-order valence-corrected chi connectivity index (χ2v) is 11.8. The van der Waals surface area contributed by atoms with Crippen molar-refractivity contribution in [3.63, 3.8) is 0 Å². The molecule has 0 saturated carbocycles. The van der Waals surface area contributed by atoms with Crippen LogP contribution in [0.5, 0.6) is 0 Å². The molecule has 8 nitrogen and oxygen atoms in total. The molecule has 1 fully saturated rings. The number of hydrogen-bond acceptors (Lipinski definition) is 4. The molecule has 8 heteroatoms. The van der Waals surface area contributed by atoms with Gasteiger partial charge in [0.1, 0.15) is 6.04 Å². The summed E-state index contributed by atoms with van der Waals surface area (Å²) in [5.41, 5.74) is 4.67. The average Bonchev–Trinajstić information content (AvgIpc) is 3.40. The number of rotatable bonds is 8. The minimum Gasteiger partial charge on any atom is -0.385 e. The lowest BCUT2D eigenvalue weighted by Crippen LogP contribution is -2.54. The van der Waals surface area contributed by atoms with E-state index >= 15 is 0 Å². The number of amides is 3. The molecule has 0 spiro atoms. The Morgan fingerprint density at radius 1 is 1.02 bits per heavy atom. The summed E-state index contributed by atoms with van der Waals surface area (Å²) in [4.78, 5) is 34.6. The van der Waals surface area contributed by atoms with Crippen molar-refractivity contribution >= 4 is 28.5 Å². The molecular weight excluding hydrogens is 526 g/mol. The zero-order chi connectivity index (χ0) is 29.9. The molecule has 0 radical (unpaired) electrons. The highest BCUT2D eigenvalue weighted by atomic mass is 16.3. The number of aromatic amines is 1. The maximum absolute atomic E-state index is 13.9. The Balaban J connectivity index is 1.35. The van der Waals surface area contributed by atoms with Crippen LogP contribution in [0.25, 0.3) is 10.9 Å². The molecule has 42 heavy (non-hydrogen) atoms. The number of fused-ring (bicyclic) bond motifs is 1. The van der Waals surface area contributed by atoms with Gasteiger partial charge in [-0.3, -0.25) is 4.79 Å². The SMILES string of the molecule is Cc1ccccc1C1(O)CCN(C(=O)N[C@@H](C(=O)Nc2cccc(CN(C)C)c2)[C@H](C)c2c[nH]c3ccccc23)CC1. The maximum atomic E-state index is 13.9. The van der Waals surface area contributed by atoms with E-state index in [0.717, 1.165) is 39.7 Å². The Kier molecular flexibility index (Phi) is 8.66. The Hall–Kier alpha value is -4.14. The van der Waals surface area contributed by atoms with Crippen LogP contribution in [0.4, 0.5) is 10.5 Å². The van der Waals surface area contributed by atoms with Gasteiger partial charge in [0.05, 0.1) is 5.60 Å². The molecule has 0 aliphatic carbocycles. The second kappa shape index (κ2) is 12.4. The molecule has 1 aliphatic heterocycles. The van der Waals surface area contributed by atoms with E-state index in [4.69, 9.17) is 0 Å². The first-order chi connectivity index (χ1) is 20.1. The van der Waals surface area contributed by atoms with E-state index in [2.05, 4.69) is 20.5 Å². The monoisotopic (exact) mass is 567 g/mol. The summed E-state index contributed by atoms with van der Waals surface area (Å²) in [5.74, 6) is -0.597. The highest BCUT2D eigenvalue weighted by Crippen LogP contribution is 2.35. The Morgan fingerprint density at radius 3 is 2.48 bits per heavy atom. The predicted octanol–water partition coefficient (Wildman–Crippen LogP) is 5.34. The summed E-state index contributed by atoms with van der Waals surface area (Å²) >= 11 is 0. The van der Waals surface area contributed by atoms with E-state index in [1.807, 2.05) is 107 Å². The number of aryl methyl sites for hydroxylation is 1. The van der Waals surface area contributed by atoms with Crippen LogP contribution < -0.4 is 10.6 Å². The largest absolute Gasteiger partial charge is 0.385 e. The first-order valence-electron chi connectivity index (χ1n) is 14.6. The minimum absolute atomic E-state index is 0.281. The van der Waals surface area contributed by atoms with Gasteiger partial charge >= 0.3 is 6.03 Å². The first-order valence-corrected chi connectivity index (χ1v) is 14.6. The zero-order valence-corrected chi connectivity index (χ0v) is 24.9. The molecule has 220 valence electrons. The molecule has 1 saturated heterocycles. The Labute approximate surface area is 247 Å². The number of piperidine rings is 1. The summed E-state index contributed by atoms with van der Waals surface area (Å²) in [6.07, 6.45) is 2.78. The lowest BCUT2D eigenvalue weighted by Gasteiger charge is -2.39. The Bertz CT molecular complexity index is 1550. The number of nitrogens with one attached hydrogen (secondary N) is 3. The number of para-hydroxylation sites is 1. The molecule has 0 bridgehead atoms. The van der Waals surface area contributed by atoms with E-state index < -0.39 is 11.6 Å². The van der Waals surface area contributed by atoms with Crippen LogP contribution in [-0.2, 0) is 16.9 Å². The van der Waals surface area contributed by atoms with Crippen LogP contribution in [0.15, 0.2) is 79.0 Å². The number of carbonyl (C=O) groups excluding carboxylic acids is 2. The molecule has 0 unspecified atom stereocenters. The van der Waals surface area contributed by atoms with Gasteiger partial charge in [-0.15, -0.1) is 0 Å². The fraction of sp³-hybridized carbons (Fsp3) is 0.353. The molecule has 1 aliphatic rings. The van der Waals surface area contributed by atoms with Gasteiger partial charge in [0.25, 0.3) is 0 Å². The number of anilines is 1. The summed E-state index contributed by atoms with van der Waals surface area (Å²) in [6.45, 7) is 5.49. The van der Waals surface area contributed by atoms with Crippen molar-refractivity contribution in [3.05, 3.63) is 101 Å². The number of likely N-dealkylation sites (tertiary alicyclic amines) is 1. The molecular formula is C34H41N5O3. The molecule has 2 atom stereocenters. The van der Waals surface area contributed by atoms with Gasteiger partial charge in [-0.1, -0.05) is 61.5 Å². The van der Waals surface area contributed by atoms with Gasteiger partial charge in [-0.2, -0.15) is 0 Å². The molecule has 4 aromatic rings. The average molecular weight is 568 g/mol. The predicted molar refractivity (Wildman–Crippen MR) is 167 cm³/mol. The van der Waals surface area contributed by atoms with Crippen molar-refractivity contribution in [1.82, 2.24) is 20.1 Å². The lowest BCUT2D eigenvalue weighted by atomic mass is 9.82. The third-order valence-corrected chi connectivity index (χ3v) is 8.39. The van der Waals surface area contributed by atoms with Crippen LogP contribution in [-0.4, -0.2) is 65.1 Å². The van der Waals surface area contributed by atoms with Gasteiger partial charge in [0.2, 0.25) is 5.91 Å². The second-order valence-electron chi connectivity index (χ2n) is 11.8. The third-order valence-electron chi connectivity index (χ3n) is 8.39. The van der Waals surface area contributed by atoms with Crippen molar-refractivity contribution in [3.8, 4) is 0 Å². The lowest BCUT2D eigenvalue weighted by molar-refractivity contribution is -0.118. The first kappa shape index (κ1) is 29.4. The smallest absolute Gasteiger partial charge is 0.318 e. The number of hydrogen-bond donors (Lipinski definition) is 4. The highest BCUT2D eigenvalue weighted by Gasteiger charge is 2.38. The van der Waals surface area contributed by atoms with Crippen LogP contribution in [0.1, 0.15) is 47.9 Å². The van der Waals surface area contributed by atoms with Gasteiger partial charge in [0.15, 0.2) is 0 Å². The minimum atomic E-state index is -0.978. The van der Waals surface area contributed by atoms with Crippen LogP contribution >= 0.6 is 0 Å². The number of benzene rings is 3. The van der Waals surface area contributed by atoms with E-state index in [-0.39, 0.29) is 17.9 Å². The molecule has 2 heterocycles. The van der Waals surface area contributed by atoms with Crippen molar-refractivity contribution in [1.29, 1.82) is 0 Å². The van der Waals surface area contributed by atoms with Crippen molar-refractivity contribution in [2.75, 3.05) is 32.5 Å². The topological polar surface area (TPSA) is 101 Å². The van der Waals surface area contributed by atoms with E-state index in [1.54, 1.807) is 4.90 Å². The van der Waals surface area contributed by atoms with Gasteiger partial charge in [0, 0.05) is 48.3 Å². The van der Waals surface area contributed by atoms with Gasteiger partial charge < -0.3 is 30.5 Å². The van der Waals surface area contributed by atoms with Crippen molar-refractivity contribution in [2.45, 2.75) is 50.8 Å². The maximum Gasteiger partial charge on any atom is 0.318 e. The Morgan fingerprint density at radius 2 is 1.74 bits per heavy atom. The van der Waals surface area contributed by atoms with Gasteiger partial charge in [-0.05, 0) is 74.3 Å². The van der Waals surface area contributed by atoms with E-state index in [0.29, 0.717) is 31.6 Å². The third kappa shape index (κ3) is 6.35. The molecule has 4 N–H and O–H groups in total. The van der Waals surface area contributed by atoms with Crippen molar-refractivity contribution in [2.24, 2.45) is 0 Å². The number of aliphatic hydroxyl groups is 1.